The van der Waals surface area contributed by atoms with Crippen LogP contribution in [0.5, 0.6) is 0 Å². The minimum atomic E-state index is -3.82. The summed E-state index contributed by atoms with van der Waals surface area (Å²) in [4.78, 5) is 11.6. The highest BCUT2D eigenvalue weighted by molar-refractivity contribution is 7.89. The second-order valence-corrected chi connectivity index (χ2v) is 5.94. The molecule has 0 aliphatic carbocycles. The number of rotatable bonds is 6. The zero-order chi connectivity index (χ0) is 15.2. The average molecular weight is 295 g/mol. The molecule has 108 valence electrons. The van der Waals surface area contributed by atoms with Crippen molar-refractivity contribution in [3.8, 4) is 12.3 Å². The van der Waals surface area contributed by atoms with E-state index >= 15 is 0 Å². The fourth-order valence-electron chi connectivity index (χ4n) is 1.74. The van der Waals surface area contributed by atoms with E-state index in [2.05, 4.69) is 10.7 Å². The molecule has 1 aromatic carbocycles. The molecule has 0 spiro atoms. The standard InChI is InChI=1S/C14H17NO4S/c1-4-10-15(11-5-2)20(17,18)13-9-7-6-8-12(13)14(16)19-3/h1,6-9H,5,10-11H2,2-3H3. The average Bonchev–Trinajstić information content (AvgIpc) is 2.46. The van der Waals surface area contributed by atoms with Gasteiger partial charge >= 0.3 is 5.97 Å². The molecule has 0 aliphatic heterocycles. The van der Waals surface area contributed by atoms with E-state index in [1.807, 2.05) is 6.92 Å². The summed E-state index contributed by atoms with van der Waals surface area (Å²) < 4.78 is 30.9. The molecule has 5 nitrogen and oxygen atoms in total. The Morgan fingerprint density at radius 1 is 1.40 bits per heavy atom. The van der Waals surface area contributed by atoms with Crippen molar-refractivity contribution < 1.29 is 17.9 Å². The van der Waals surface area contributed by atoms with Crippen molar-refractivity contribution in [1.29, 1.82) is 0 Å². The highest BCUT2D eigenvalue weighted by Gasteiger charge is 2.28. The smallest absolute Gasteiger partial charge is 0.339 e. The molecular weight excluding hydrogens is 278 g/mol. The van der Waals surface area contributed by atoms with Crippen LogP contribution in [0.15, 0.2) is 29.2 Å². The fraction of sp³-hybridized carbons (Fsp3) is 0.357. The lowest BCUT2D eigenvalue weighted by molar-refractivity contribution is 0.0596. The number of hydrogen-bond acceptors (Lipinski definition) is 4. The number of terminal acetylenes is 1. The van der Waals surface area contributed by atoms with Crippen LogP contribution in [0.4, 0.5) is 0 Å². The molecule has 0 bridgehead atoms. The van der Waals surface area contributed by atoms with Gasteiger partial charge in [-0.15, -0.1) is 6.42 Å². The van der Waals surface area contributed by atoms with Gasteiger partial charge in [-0.3, -0.25) is 0 Å². The summed E-state index contributed by atoms with van der Waals surface area (Å²) in [5.41, 5.74) is 0.00752. The minimum Gasteiger partial charge on any atom is -0.465 e. The maximum Gasteiger partial charge on any atom is 0.339 e. The number of nitrogens with zero attached hydrogens (tertiary/aromatic N) is 1. The highest BCUT2D eigenvalue weighted by atomic mass is 32.2. The van der Waals surface area contributed by atoms with Crippen LogP contribution >= 0.6 is 0 Å². The Labute approximate surface area is 119 Å². The van der Waals surface area contributed by atoms with Crippen LogP contribution in [0.25, 0.3) is 0 Å². The molecular formula is C14H17NO4S. The molecule has 0 radical (unpaired) electrons. The molecule has 1 rings (SSSR count). The number of carbonyl (C=O) groups is 1. The molecule has 0 N–H and O–H groups in total. The van der Waals surface area contributed by atoms with E-state index in [9.17, 15) is 13.2 Å². The van der Waals surface area contributed by atoms with Gasteiger partial charge in [-0.1, -0.05) is 25.0 Å². The summed E-state index contributed by atoms with van der Waals surface area (Å²) in [6, 6.07) is 5.93. The third kappa shape index (κ3) is 3.38. The predicted octanol–water partition coefficient (Wildman–Crippen LogP) is 1.51. The Balaban J connectivity index is 3.34. The number of ether oxygens (including phenoxy) is 1. The minimum absolute atomic E-state index is 0.00752. The molecule has 0 amide bonds. The highest BCUT2D eigenvalue weighted by Crippen LogP contribution is 2.21. The second-order valence-electron chi connectivity index (χ2n) is 4.03. The van der Waals surface area contributed by atoms with Crippen LogP contribution in [-0.2, 0) is 14.8 Å². The van der Waals surface area contributed by atoms with Crippen LogP contribution in [0.2, 0.25) is 0 Å². The number of methoxy groups -OCH3 is 1. The van der Waals surface area contributed by atoms with Gasteiger partial charge in [0, 0.05) is 6.54 Å². The molecule has 0 aromatic heterocycles. The van der Waals surface area contributed by atoms with E-state index in [-0.39, 0.29) is 17.0 Å². The van der Waals surface area contributed by atoms with Crippen LogP contribution in [0.1, 0.15) is 23.7 Å². The van der Waals surface area contributed by atoms with Gasteiger partial charge in [0.15, 0.2) is 0 Å². The van der Waals surface area contributed by atoms with Gasteiger partial charge in [-0.25, -0.2) is 13.2 Å². The maximum atomic E-state index is 12.6. The molecule has 0 atom stereocenters. The molecule has 0 unspecified atom stereocenters. The first kappa shape index (κ1) is 16.2. The Bertz CT molecular complexity index is 616. The summed E-state index contributed by atoms with van der Waals surface area (Å²) in [6.07, 6.45) is 5.84. The zero-order valence-electron chi connectivity index (χ0n) is 11.5. The van der Waals surface area contributed by atoms with E-state index in [1.165, 1.54) is 23.5 Å². The van der Waals surface area contributed by atoms with Gasteiger partial charge in [-0.2, -0.15) is 4.31 Å². The lowest BCUT2D eigenvalue weighted by atomic mass is 10.2. The lowest BCUT2D eigenvalue weighted by Gasteiger charge is -2.20. The topological polar surface area (TPSA) is 63.7 Å². The maximum absolute atomic E-state index is 12.6. The Morgan fingerprint density at radius 2 is 2.05 bits per heavy atom. The molecule has 0 heterocycles. The molecule has 0 saturated carbocycles. The van der Waals surface area contributed by atoms with Crippen LogP contribution in [0.3, 0.4) is 0 Å². The third-order valence-electron chi connectivity index (χ3n) is 2.65. The number of hydrogen-bond donors (Lipinski definition) is 0. The summed E-state index contributed by atoms with van der Waals surface area (Å²) in [5.74, 6) is 1.63. The van der Waals surface area contributed by atoms with Crippen molar-refractivity contribution in [2.75, 3.05) is 20.2 Å². The predicted molar refractivity (Wildman–Crippen MR) is 75.7 cm³/mol. The first-order chi connectivity index (χ1) is 9.48. The van der Waals surface area contributed by atoms with Crippen LogP contribution in [0, 0.1) is 12.3 Å². The Morgan fingerprint density at radius 3 is 2.60 bits per heavy atom. The van der Waals surface area contributed by atoms with E-state index in [0.717, 1.165) is 0 Å². The Hall–Kier alpha value is -1.84. The normalized spacial score (nSPS) is 11.1. The molecule has 0 saturated heterocycles. The summed E-state index contributed by atoms with van der Waals surface area (Å²) in [5, 5.41) is 0. The third-order valence-corrected chi connectivity index (χ3v) is 4.55. The number of sulfonamides is 1. The van der Waals surface area contributed by atoms with Crippen molar-refractivity contribution in [2.45, 2.75) is 18.2 Å². The lowest BCUT2D eigenvalue weighted by Crippen LogP contribution is -2.33. The van der Waals surface area contributed by atoms with Gasteiger partial charge in [0.1, 0.15) is 0 Å². The molecule has 0 fully saturated rings. The van der Waals surface area contributed by atoms with E-state index in [0.29, 0.717) is 13.0 Å². The van der Waals surface area contributed by atoms with Crippen molar-refractivity contribution >= 4 is 16.0 Å². The molecule has 20 heavy (non-hydrogen) atoms. The van der Waals surface area contributed by atoms with Gasteiger partial charge in [-0.05, 0) is 18.6 Å². The van der Waals surface area contributed by atoms with Gasteiger partial charge in [0.2, 0.25) is 10.0 Å². The van der Waals surface area contributed by atoms with E-state index < -0.39 is 16.0 Å². The summed E-state index contributed by atoms with van der Waals surface area (Å²) in [6.45, 7) is 2.11. The monoisotopic (exact) mass is 295 g/mol. The largest absolute Gasteiger partial charge is 0.465 e. The first-order valence-electron chi connectivity index (χ1n) is 6.10. The van der Waals surface area contributed by atoms with Gasteiger partial charge in [0.05, 0.1) is 24.1 Å². The molecule has 6 heteroatoms. The van der Waals surface area contributed by atoms with Crippen LogP contribution < -0.4 is 0 Å². The zero-order valence-corrected chi connectivity index (χ0v) is 12.3. The van der Waals surface area contributed by atoms with Crippen molar-refractivity contribution in [2.24, 2.45) is 0 Å². The first-order valence-corrected chi connectivity index (χ1v) is 7.54. The SMILES string of the molecule is C#CCN(CCC)S(=O)(=O)c1ccccc1C(=O)OC. The fourth-order valence-corrected chi connectivity index (χ4v) is 3.37. The Kier molecular flexibility index (Phi) is 5.74. The van der Waals surface area contributed by atoms with Gasteiger partial charge in [0.25, 0.3) is 0 Å². The second kappa shape index (κ2) is 7.08. The van der Waals surface area contributed by atoms with Crippen LogP contribution in [-0.4, -0.2) is 38.9 Å². The van der Waals surface area contributed by atoms with E-state index in [1.54, 1.807) is 12.1 Å². The molecule has 0 aliphatic rings. The van der Waals surface area contributed by atoms with Crippen molar-refractivity contribution in [3.63, 3.8) is 0 Å². The van der Waals surface area contributed by atoms with Gasteiger partial charge < -0.3 is 4.74 Å². The quantitative estimate of drug-likeness (QED) is 0.589. The van der Waals surface area contributed by atoms with Crippen molar-refractivity contribution in [1.82, 2.24) is 4.31 Å². The number of esters is 1. The molecule has 1 aromatic rings. The van der Waals surface area contributed by atoms with Crippen molar-refractivity contribution in [3.05, 3.63) is 29.8 Å². The summed E-state index contributed by atoms with van der Waals surface area (Å²) >= 11 is 0. The van der Waals surface area contributed by atoms with E-state index in [4.69, 9.17) is 6.42 Å². The summed E-state index contributed by atoms with van der Waals surface area (Å²) in [7, 11) is -2.62. The number of benzene rings is 1. The number of carbonyl (C=O) groups excluding carboxylic acids is 1.